The van der Waals surface area contributed by atoms with Crippen molar-refractivity contribution in [2.45, 2.75) is 30.7 Å². The Bertz CT molecular complexity index is 611. The molecule has 2 unspecified atom stereocenters. The Balaban J connectivity index is 2.31. The predicted octanol–water partition coefficient (Wildman–Crippen LogP) is 1.28. The van der Waals surface area contributed by atoms with E-state index in [2.05, 4.69) is 4.74 Å². The molecule has 0 amide bonds. The van der Waals surface area contributed by atoms with Gasteiger partial charge in [-0.25, -0.2) is 13.2 Å². The SMILES string of the molecule is CCC1CN(S(=O)(=O)c2ccsc2C(=O)OC)CCC1N. The number of esters is 1. The summed E-state index contributed by atoms with van der Waals surface area (Å²) >= 11 is 1.08. The zero-order chi connectivity index (χ0) is 15.6. The number of carbonyl (C=O) groups is 1. The number of ether oxygens (including phenoxy) is 1. The van der Waals surface area contributed by atoms with Gasteiger partial charge in [0.2, 0.25) is 10.0 Å². The van der Waals surface area contributed by atoms with Crippen molar-refractivity contribution >= 4 is 27.3 Å². The number of nitrogens with zero attached hydrogens (tertiary/aromatic N) is 1. The molecule has 2 atom stereocenters. The van der Waals surface area contributed by atoms with Crippen LogP contribution in [0.3, 0.4) is 0 Å². The Hall–Kier alpha value is -0.960. The molecule has 0 bridgehead atoms. The second-order valence-electron chi connectivity index (χ2n) is 5.09. The van der Waals surface area contributed by atoms with Gasteiger partial charge in [-0.15, -0.1) is 11.3 Å². The van der Waals surface area contributed by atoms with E-state index in [0.717, 1.165) is 17.8 Å². The van der Waals surface area contributed by atoms with Crippen LogP contribution in [-0.2, 0) is 14.8 Å². The van der Waals surface area contributed by atoms with Gasteiger partial charge in [0.15, 0.2) is 0 Å². The number of carbonyl (C=O) groups excluding carboxylic acids is 1. The van der Waals surface area contributed by atoms with Crippen LogP contribution in [0.4, 0.5) is 0 Å². The van der Waals surface area contributed by atoms with Crippen LogP contribution < -0.4 is 5.73 Å². The lowest BCUT2D eigenvalue weighted by Gasteiger charge is -2.35. The minimum absolute atomic E-state index is 0.0315. The van der Waals surface area contributed by atoms with Gasteiger partial charge in [-0.2, -0.15) is 4.31 Å². The summed E-state index contributed by atoms with van der Waals surface area (Å²) in [7, 11) is -2.44. The molecule has 0 radical (unpaired) electrons. The molecular weight excluding hydrogens is 312 g/mol. The first-order chi connectivity index (χ1) is 9.91. The van der Waals surface area contributed by atoms with Crippen LogP contribution in [0.2, 0.25) is 0 Å². The van der Waals surface area contributed by atoms with Gasteiger partial charge in [0.1, 0.15) is 9.77 Å². The Morgan fingerprint density at radius 3 is 2.90 bits per heavy atom. The largest absolute Gasteiger partial charge is 0.465 e. The summed E-state index contributed by atoms with van der Waals surface area (Å²) in [5.74, 6) is -0.474. The van der Waals surface area contributed by atoms with Crippen LogP contribution in [0, 0.1) is 5.92 Å². The van der Waals surface area contributed by atoms with Gasteiger partial charge in [0.05, 0.1) is 7.11 Å². The molecule has 1 saturated heterocycles. The summed E-state index contributed by atoms with van der Waals surface area (Å²) in [5, 5.41) is 1.59. The molecule has 1 fully saturated rings. The molecule has 1 aliphatic heterocycles. The minimum atomic E-state index is -3.68. The maximum absolute atomic E-state index is 12.7. The van der Waals surface area contributed by atoms with Gasteiger partial charge >= 0.3 is 5.97 Å². The first-order valence-electron chi connectivity index (χ1n) is 6.83. The van der Waals surface area contributed by atoms with Crippen LogP contribution >= 0.6 is 11.3 Å². The number of hydrogen-bond acceptors (Lipinski definition) is 6. The smallest absolute Gasteiger partial charge is 0.349 e. The molecule has 21 heavy (non-hydrogen) atoms. The van der Waals surface area contributed by atoms with Crippen LogP contribution in [0.5, 0.6) is 0 Å². The van der Waals surface area contributed by atoms with Crippen molar-refractivity contribution in [3.8, 4) is 0 Å². The monoisotopic (exact) mass is 332 g/mol. The first-order valence-corrected chi connectivity index (χ1v) is 9.15. The van der Waals surface area contributed by atoms with Crippen molar-refractivity contribution in [2.24, 2.45) is 11.7 Å². The number of rotatable bonds is 4. The molecule has 0 saturated carbocycles. The van der Waals surface area contributed by atoms with Gasteiger partial charge < -0.3 is 10.5 Å². The highest BCUT2D eigenvalue weighted by molar-refractivity contribution is 7.89. The fourth-order valence-electron chi connectivity index (χ4n) is 2.55. The topological polar surface area (TPSA) is 89.7 Å². The number of methoxy groups -OCH3 is 1. The van der Waals surface area contributed by atoms with Crippen molar-refractivity contribution in [1.29, 1.82) is 0 Å². The highest BCUT2D eigenvalue weighted by atomic mass is 32.2. The number of piperidine rings is 1. The molecule has 118 valence electrons. The highest BCUT2D eigenvalue weighted by Crippen LogP contribution is 2.29. The molecule has 2 heterocycles. The van der Waals surface area contributed by atoms with Gasteiger partial charge in [-0.05, 0) is 23.8 Å². The normalized spacial score (nSPS) is 24.0. The van der Waals surface area contributed by atoms with Crippen LogP contribution in [-0.4, -0.2) is 44.9 Å². The maximum atomic E-state index is 12.7. The van der Waals surface area contributed by atoms with Crippen LogP contribution in [0.1, 0.15) is 29.4 Å². The summed E-state index contributed by atoms with van der Waals surface area (Å²) in [5.41, 5.74) is 6.02. The molecule has 1 aromatic rings. The molecule has 2 N–H and O–H groups in total. The summed E-state index contributed by atoms with van der Waals surface area (Å²) < 4.78 is 31.6. The molecule has 0 spiro atoms. The zero-order valence-electron chi connectivity index (χ0n) is 12.1. The van der Waals surface area contributed by atoms with E-state index in [1.165, 1.54) is 17.5 Å². The first kappa shape index (κ1) is 16.4. The second kappa shape index (κ2) is 6.43. The molecule has 0 aliphatic carbocycles. The van der Waals surface area contributed by atoms with Gasteiger partial charge in [-0.1, -0.05) is 13.3 Å². The summed E-state index contributed by atoms with van der Waals surface area (Å²) in [6.07, 6.45) is 1.47. The van der Waals surface area contributed by atoms with Gasteiger partial charge in [0, 0.05) is 19.1 Å². The Morgan fingerprint density at radius 1 is 1.57 bits per heavy atom. The Kier molecular flexibility index (Phi) is 5.03. The summed E-state index contributed by atoms with van der Waals surface area (Å²) in [6, 6.07) is 1.49. The lowest BCUT2D eigenvalue weighted by atomic mass is 9.92. The zero-order valence-corrected chi connectivity index (χ0v) is 13.7. The molecule has 2 rings (SSSR count). The average molecular weight is 332 g/mol. The third kappa shape index (κ3) is 3.13. The maximum Gasteiger partial charge on any atom is 0.349 e. The molecule has 1 aliphatic rings. The van der Waals surface area contributed by atoms with Gasteiger partial charge in [0.25, 0.3) is 0 Å². The second-order valence-corrected chi connectivity index (χ2v) is 7.91. The molecule has 0 aromatic carbocycles. The molecule has 8 heteroatoms. The lowest BCUT2D eigenvalue weighted by Crippen LogP contribution is -2.49. The van der Waals surface area contributed by atoms with E-state index in [0.29, 0.717) is 19.5 Å². The Labute approximate surface area is 128 Å². The summed E-state index contributed by atoms with van der Waals surface area (Å²) in [4.78, 5) is 11.8. The number of nitrogens with two attached hydrogens (primary N) is 1. The number of sulfonamides is 1. The van der Waals surface area contributed by atoms with Crippen molar-refractivity contribution in [3.05, 3.63) is 16.3 Å². The summed E-state index contributed by atoms with van der Waals surface area (Å²) in [6.45, 7) is 2.79. The molecular formula is C13H20N2O4S2. The van der Waals surface area contributed by atoms with E-state index in [9.17, 15) is 13.2 Å². The van der Waals surface area contributed by atoms with E-state index < -0.39 is 16.0 Å². The fraction of sp³-hybridized carbons (Fsp3) is 0.615. The van der Waals surface area contributed by atoms with Crippen molar-refractivity contribution < 1.29 is 17.9 Å². The minimum Gasteiger partial charge on any atom is -0.465 e. The predicted molar refractivity (Wildman–Crippen MR) is 80.8 cm³/mol. The van der Waals surface area contributed by atoms with E-state index in [-0.39, 0.29) is 21.7 Å². The standard InChI is InChI=1S/C13H20N2O4S2/c1-3-9-8-15(6-4-10(9)14)21(17,18)11-5-7-20-12(11)13(16)19-2/h5,7,9-10H,3-4,6,8,14H2,1-2H3. The van der Waals surface area contributed by atoms with E-state index in [1.807, 2.05) is 6.92 Å². The van der Waals surface area contributed by atoms with Crippen molar-refractivity contribution in [2.75, 3.05) is 20.2 Å². The Morgan fingerprint density at radius 2 is 2.29 bits per heavy atom. The number of thiophene rings is 1. The van der Waals surface area contributed by atoms with Crippen LogP contribution in [0.25, 0.3) is 0 Å². The van der Waals surface area contributed by atoms with Crippen molar-refractivity contribution in [3.63, 3.8) is 0 Å². The third-order valence-electron chi connectivity index (χ3n) is 3.90. The van der Waals surface area contributed by atoms with Gasteiger partial charge in [-0.3, -0.25) is 0 Å². The lowest BCUT2D eigenvalue weighted by molar-refractivity contribution is 0.0602. The van der Waals surface area contributed by atoms with E-state index in [1.54, 1.807) is 5.38 Å². The number of hydrogen-bond donors (Lipinski definition) is 1. The third-order valence-corrected chi connectivity index (χ3v) is 6.83. The van der Waals surface area contributed by atoms with Crippen molar-refractivity contribution in [1.82, 2.24) is 4.31 Å². The molecule has 1 aromatic heterocycles. The van der Waals surface area contributed by atoms with E-state index >= 15 is 0 Å². The fourth-order valence-corrected chi connectivity index (χ4v) is 5.37. The average Bonchev–Trinajstić information content (AvgIpc) is 2.97. The highest BCUT2D eigenvalue weighted by Gasteiger charge is 2.35. The molecule has 6 nitrogen and oxygen atoms in total. The van der Waals surface area contributed by atoms with E-state index in [4.69, 9.17) is 5.73 Å². The quantitative estimate of drug-likeness (QED) is 0.839. The van der Waals surface area contributed by atoms with Crippen LogP contribution in [0.15, 0.2) is 16.3 Å².